The summed E-state index contributed by atoms with van der Waals surface area (Å²) in [5, 5.41) is 7.29. The number of aromatic nitrogens is 4. The number of aromatic amines is 1. The zero-order valence-electron chi connectivity index (χ0n) is 14.7. The second-order valence-corrected chi connectivity index (χ2v) is 6.51. The highest BCUT2D eigenvalue weighted by atomic mass is 16.5. The maximum atomic E-state index is 5.91. The summed E-state index contributed by atoms with van der Waals surface area (Å²) in [5.74, 6) is 1.55. The normalized spacial score (nSPS) is 17.4. The first kappa shape index (κ1) is 16.7. The van der Waals surface area contributed by atoms with Gasteiger partial charge in [-0.15, -0.1) is 0 Å². The van der Waals surface area contributed by atoms with Crippen LogP contribution in [0.25, 0.3) is 0 Å². The number of H-pyrrole nitrogens is 1. The van der Waals surface area contributed by atoms with Gasteiger partial charge in [0.2, 0.25) is 5.95 Å². The van der Waals surface area contributed by atoms with E-state index in [1.54, 1.807) is 0 Å². The van der Waals surface area contributed by atoms with Gasteiger partial charge in [-0.2, -0.15) is 10.1 Å². The van der Waals surface area contributed by atoms with E-state index in [4.69, 9.17) is 10.5 Å². The summed E-state index contributed by atoms with van der Waals surface area (Å²) in [6.45, 7) is 6.53. The number of nitrogen functional groups attached to an aromatic ring is 1. The lowest BCUT2D eigenvalue weighted by Crippen LogP contribution is -2.22. The molecule has 0 bridgehead atoms. The summed E-state index contributed by atoms with van der Waals surface area (Å²) in [4.78, 5) is 10.9. The maximum absolute atomic E-state index is 5.91. The molecule has 7 heteroatoms. The fourth-order valence-corrected chi connectivity index (χ4v) is 3.19. The molecule has 0 radical (unpaired) electrons. The Bertz CT molecular complexity index is 673. The minimum absolute atomic E-state index is 0.332. The predicted octanol–water partition coefficient (Wildman–Crippen LogP) is 1.97. The van der Waals surface area contributed by atoms with Gasteiger partial charge >= 0.3 is 0 Å². The molecule has 3 rings (SSSR count). The third kappa shape index (κ3) is 3.67. The lowest BCUT2D eigenvalue weighted by Gasteiger charge is -2.20. The minimum atomic E-state index is 0.332. The summed E-state index contributed by atoms with van der Waals surface area (Å²) < 4.78 is 5.46. The monoisotopic (exact) mass is 330 g/mol. The summed E-state index contributed by atoms with van der Waals surface area (Å²) in [5.41, 5.74) is 10.5. The quantitative estimate of drug-likeness (QED) is 0.841. The molecule has 1 aliphatic rings. The molecule has 0 aliphatic carbocycles. The van der Waals surface area contributed by atoms with Gasteiger partial charge < -0.3 is 15.4 Å². The number of aryl methyl sites for hydroxylation is 2. The molecule has 3 heterocycles. The average Bonchev–Trinajstić information content (AvgIpc) is 3.19. The molecule has 1 fully saturated rings. The molecule has 0 amide bonds. The van der Waals surface area contributed by atoms with Crippen LogP contribution in [0.5, 0.6) is 0 Å². The second kappa shape index (κ2) is 7.17. The van der Waals surface area contributed by atoms with Crippen molar-refractivity contribution in [3.8, 4) is 0 Å². The standard InChI is InChI=1S/C17H26N6O/c1-11-14(12(2)22-21-11)5-4-7-23(3)16-9-15(19-17(18)20-16)13-6-8-24-10-13/h9,13H,4-8,10H2,1-3H3,(H,21,22)(H2,18,19,20)/t13-/m1/s1. The summed E-state index contributed by atoms with van der Waals surface area (Å²) in [6.07, 6.45) is 3.03. The zero-order valence-corrected chi connectivity index (χ0v) is 14.7. The molecular weight excluding hydrogens is 304 g/mol. The molecule has 0 spiro atoms. The fourth-order valence-electron chi connectivity index (χ4n) is 3.19. The first-order valence-corrected chi connectivity index (χ1v) is 8.48. The molecule has 1 saturated heterocycles. The van der Waals surface area contributed by atoms with Crippen molar-refractivity contribution in [1.29, 1.82) is 0 Å². The van der Waals surface area contributed by atoms with E-state index in [9.17, 15) is 0 Å². The number of ether oxygens (including phenoxy) is 1. The molecular formula is C17H26N6O. The van der Waals surface area contributed by atoms with E-state index in [2.05, 4.69) is 32.0 Å². The lowest BCUT2D eigenvalue weighted by atomic mass is 10.0. The number of rotatable bonds is 6. The Hall–Kier alpha value is -2.15. The molecule has 0 aromatic carbocycles. The number of hydrogen-bond acceptors (Lipinski definition) is 6. The summed E-state index contributed by atoms with van der Waals surface area (Å²) in [7, 11) is 2.05. The van der Waals surface area contributed by atoms with Gasteiger partial charge in [-0.05, 0) is 38.7 Å². The number of hydrogen-bond donors (Lipinski definition) is 2. The molecule has 3 N–H and O–H groups in total. The van der Waals surface area contributed by atoms with Crippen molar-refractivity contribution < 1.29 is 4.74 Å². The van der Waals surface area contributed by atoms with E-state index < -0.39 is 0 Å². The van der Waals surface area contributed by atoms with E-state index in [1.165, 1.54) is 5.56 Å². The van der Waals surface area contributed by atoms with Crippen molar-refractivity contribution >= 4 is 11.8 Å². The SMILES string of the molecule is Cc1n[nH]c(C)c1CCCN(C)c1cc([C@@H]2CCOC2)nc(N)n1. The van der Waals surface area contributed by atoms with Crippen LogP contribution >= 0.6 is 0 Å². The summed E-state index contributed by atoms with van der Waals surface area (Å²) in [6, 6.07) is 2.05. The molecule has 7 nitrogen and oxygen atoms in total. The predicted molar refractivity (Wildman–Crippen MR) is 94.3 cm³/mol. The van der Waals surface area contributed by atoms with Crippen molar-refractivity contribution in [3.63, 3.8) is 0 Å². The Labute approximate surface area is 142 Å². The van der Waals surface area contributed by atoms with Gasteiger partial charge in [-0.3, -0.25) is 5.10 Å². The van der Waals surface area contributed by atoms with Gasteiger partial charge in [0.25, 0.3) is 0 Å². The Morgan fingerprint density at radius 1 is 1.38 bits per heavy atom. The van der Waals surface area contributed by atoms with Crippen LogP contribution in [0.3, 0.4) is 0 Å². The molecule has 1 aliphatic heterocycles. The first-order chi connectivity index (χ1) is 11.5. The molecule has 130 valence electrons. The van der Waals surface area contributed by atoms with Gasteiger partial charge in [0, 0.05) is 37.9 Å². The first-order valence-electron chi connectivity index (χ1n) is 8.48. The van der Waals surface area contributed by atoms with Crippen molar-refractivity contribution in [1.82, 2.24) is 20.2 Å². The molecule has 2 aromatic heterocycles. The minimum Gasteiger partial charge on any atom is -0.381 e. The summed E-state index contributed by atoms with van der Waals surface area (Å²) >= 11 is 0. The molecule has 24 heavy (non-hydrogen) atoms. The number of nitrogens with one attached hydrogen (secondary N) is 1. The Balaban J connectivity index is 1.63. The molecule has 0 saturated carbocycles. The van der Waals surface area contributed by atoms with Crippen LogP contribution in [0, 0.1) is 13.8 Å². The van der Waals surface area contributed by atoms with Crippen LogP contribution in [0.4, 0.5) is 11.8 Å². The highest BCUT2D eigenvalue weighted by Crippen LogP contribution is 2.26. The Morgan fingerprint density at radius 2 is 2.21 bits per heavy atom. The highest BCUT2D eigenvalue weighted by Gasteiger charge is 2.21. The molecule has 0 unspecified atom stereocenters. The maximum Gasteiger partial charge on any atom is 0.222 e. The van der Waals surface area contributed by atoms with Crippen LogP contribution in [-0.4, -0.2) is 47.0 Å². The zero-order chi connectivity index (χ0) is 17.1. The highest BCUT2D eigenvalue weighted by molar-refractivity contribution is 5.43. The number of nitrogens with two attached hydrogens (primary N) is 1. The lowest BCUT2D eigenvalue weighted by molar-refractivity contribution is 0.193. The van der Waals surface area contributed by atoms with Gasteiger partial charge in [-0.1, -0.05) is 0 Å². The van der Waals surface area contributed by atoms with Crippen LogP contribution in [0.2, 0.25) is 0 Å². The fraction of sp³-hybridized carbons (Fsp3) is 0.588. The van der Waals surface area contributed by atoms with Crippen LogP contribution in [-0.2, 0) is 11.2 Å². The van der Waals surface area contributed by atoms with Crippen molar-refractivity contribution in [2.45, 2.75) is 39.0 Å². The van der Waals surface area contributed by atoms with Gasteiger partial charge in [0.15, 0.2) is 0 Å². The molecule has 1 atom stereocenters. The van der Waals surface area contributed by atoms with Crippen LogP contribution < -0.4 is 10.6 Å². The van der Waals surface area contributed by atoms with E-state index in [0.29, 0.717) is 11.9 Å². The Kier molecular flexibility index (Phi) is 4.99. The topological polar surface area (TPSA) is 93.0 Å². The van der Waals surface area contributed by atoms with E-state index >= 15 is 0 Å². The van der Waals surface area contributed by atoms with E-state index in [1.807, 2.05) is 20.0 Å². The van der Waals surface area contributed by atoms with Gasteiger partial charge in [-0.25, -0.2) is 4.98 Å². The van der Waals surface area contributed by atoms with Gasteiger partial charge in [0.1, 0.15) is 5.82 Å². The smallest absolute Gasteiger partial charge is 0.222 e. The van der Waals surface area contributed by atoms with Crippen LogP contribution in [0.15, 0.2) is 6.07 Å². The van der Waals surface area contributed by atoms with Gasteiger partial charge in [0.05, 0.1) is 18.0 Å². The number of anilines is 2. The Morgan fingerprint density at radius 3 is 2.88 bits per heavy atom. The van der Waals surface area contributed by atoms with E-state index in [-0.39, 0.29) is 0 Å². The third-order valence-corrected chi connectivity index (χ3v) is 4.69. The largest absolute Gasteiger partial charge is 0.381 e. The number of nitrogens with zero attached hydrogens (tertiary/aromatic N) is 4. The average molecular weight is 330 g/mol. The second-order valence-electron chi connectivity index (χ2n) is 6.51. The van der Waals surface area contributed by atoms with E-state index in [0.717, 1.165) is 61.9 Å². The van der Waals surface area contributed by atoms with Crippen LogP contribution in [0.1, 0.15) is 41.4 Å². The third-order valence-electron chi connectivity index (χ3n) is 4.69. The van der Waals surface area contributed by atoms with Crippen molar-refractivity contribution in [3.05, 3.63) is 28.7 Å². The molecule has 2 aromatic rings. The van der Waals surface area contributed by atoms with Crippen molar-refractivity contribution in [2.24, 2.45) is 0 Å². The van der Waals surface area contributed by atoms with Crippen molar-refractivity contribution in [2.75, 3.05) is 37.4 Å².